The number of carboxylic acid groups (broad SMARTS) is 1. The summed E-state index contributed by atoms with van der Waals surface area (Å²) in [4.78, 5) is 25.5. The molecule has 1 N–H and O–H groups in total. The highest BCUT2D eigenvalue weighted by atomic mass is 16.4. The molecule has 1 amide bonds. The van der Waals surface area contributed by atoms with Gasteiger partial charge < -0.3 is 10.0 Å². The summed E-state index contributed by atoms with van der Waals surface area (Å²) in [6.45, 7) is 6.17. The topological polar surface area (TPSA) is 57.6 Å². The Morgan fingerprint density at radius 3 is 2.24 bits per heavy atom. The number of nitrogens with zero attached hydrogens (tertiary/aromatic N) is 1. The van der Waals surface area contributed by atoms with Crippen LogP contribution in [0.1, 0.15) is 44.2 Å². The van der Waals surface area contributed by atoms with Crippen LogP contribution >= 0.6 is 0 Å². The highest BCUT2D eigenvalue weighted by molar-refractivity contribution is 5.84. The second kappa shape index (κ2) is 7.25. The van der Waals surface area contributed by atoms with Gasteiger partial charge in [0.25, 0.3) is 0 Å². The summed E-state index contributed by atoms with van der Waals surface area (Å²) in [7, 11) is 1.73. The van der Waals surface area contributed by atoms with E-state index in [1.54, 1.807) is 11.9 Å². The molecule has 0 unspecified atom stereocenters. The van der Waals surface area contributed by atoms with Crippen molar-refractivity contribution >= 4 is 11.9 Å². The van der Waals surface area contributed by atoms with Crippen LogP contribution in [0, 0.1) is 12.3 Å². The minimum Gasteiger partial charge on any atom is -0.481 e. The van der Waals surface area contributed by atoms with Crippen molar-refractivity contribution in [2.75, 3.05) is 7.05 Å². The fraction of sp³-hybridized carbons (Fsp3) is 0.529. The zero-order chi connectivity index (χ0) is 16.0. The van der Waals surface area contributed by atoms with Gasteiger partial charge in [-0.15, -0.1) is 0 Å². The van der Waals surface area contributed by atoms with Gasteiger partial charge in [0.1, 0.15) is 0 Å². The molecule has 0 saturated heterocycles. The molecular weight excluding hydrogens is 266 g/mol. The molecular formula is C17H25NO3. The molecule has 0 aliphatic carbocycles. The number of benzene rings is 1. The van der Waals surface area contributed by atoms with E-state index in [9.17, 15) is 14.7 Å². The van der Waals surface area contributed by atoms with Crippen molar-refractivity contribution in [3.63, 3.8) is 0 Å². The van der Waals surface area contributed by atoms with E-state index < -0.39 is 11.4 Å². The summed E-state index contributed by atoms with van der Waals surface area (Å²) in [5, 5.41) is 9.42. The number of aryl methyl sites for hydroxylation is 1. The Hall–Kier alpha value is -1.84. The second-order valence-corrected chi connectivity index (χ2v) is 5.65. The Morgan fingerprint density at radius 2 is 1.76 bits per heavy atom. The first kappa shape index (κ1) is 17.2. The quantitative estimate of drug-likeness (QED) is 0.839. The third-order valence-electron chi connectivity index (χ3n) is 4.39. The van der Waals surface area contributed by atoms with Crippen molar-refractivity contribution in [3.8, 4) is 0 Å². The molecule has 0 aliphatic heterocycles. The molecule has 0 radical (unpaired) electrons. The molecule has 116 valence electrons. The van der Waals surface area contributed by atoms with E-state index in [0.717, 1.165) is 11.1 Å². The van der Waals surface area contributed by atoms with Crippen LogP contribution in [0.15, 0.2) is 24.3 Å². The third-order valence-corrected chi connectivity index (χ3v) is 4.39. The van der Waals surface area contributed by atoms with Crippen LogP contribution in [0.4, 0.5) is 0 Å². The molecule has 0 spiro atoms. The molecule has 0 aromatic heterocycles. The maximum Gasteiger partial charge on any atom is 0.310 e. The van der Waals surface area contributed by atoms with Gasteiger partial charge >= 0.3 is 5.97 Å². The van der Waals surface area contributed by atoms with Crippen molar-refractivity contribution in [2.24, 2.45) is 5.41 Å². The summed E-state index contributed by atoms with van der Waals surface area (Å²) in [6.07, 6.45) is 0.975. The Morgan fingerprint density at radius 1 is 1.19 bits per heavy atom. The van der Waals surface area contributed by atoms with Crippen molar-refractivity contribution in [3.05, 3.63) is 35.4 Å². The van der Waals surface area contributed by atoms with E-state index in [2.05, 4.69) is 0 Å². The summed E-state index contributed by atoms with van der Waals surface area (Å²) in [6, 6.07) is 7.90. The second-order valence-electron chi connectivity index (χ2n) is 5.65. The summed E-state index contributed by atoms with van der Waals surface area (Å²) >= 11 is 0. The van der Waals surface area contributed by atoms with Crippen LogP contribution < -0.4 is 0 Å². The lowest BCUT2D eigenvalue weighted by molar-refractivity contribution is -0.154. The van der Waals surface area contributed by atoms with E-state index in [-0.39, 0.29) is 12.3 Å². The van der Waals surface area contributed by atoms with Crippen LogP contribution in [0.25, 0.3) is 0 Å². The van der Waals surface area contributed by atoms with Gasteiger partial charge in [0.15, 0.2) is 0 Å². The monoisotopic (exact) mass is 291 g/mol. The molecule has 1 rings (SSSR count). The third kappa shape index (κ3) is 4.06. The minimum absolute atomic E-state index is 0.0533. The predicted molar refractivity (Wildman–Crippen MR) is 82.9 cm³/mol. The van der Waals surface area contributed by atoms with E-state index in [1.165, 1.54) is 0 Å². The van der Waals surface area contributed by atoms with E-state index >= 15 is 0 Å². The first-order valence-corrected chi connectivity index (χ1v) is 7.38. The van der Waals surface area contributed by atoms with Gasteiger partial charge in [-0.1, -0.05) is 38.1 Å². The Balaban J connectivity index is 2.79. The maximum atomic E-state index is 12.4. The lowest BCUT2D eigenvalue weighted by Crippen LogP contribution is -2.37. The normalized spacial score (nSPS) is 11.2. The van der Waals surface area contributed by atoms with Crippen LogP contribution in [0.2, 0.25) is 0 Å². The number of carbonyl (C=O) groups is 2. The van der Waals surface area contributed by atoms with Crippen LogP contribution in [-0.4, -0.2) is 28.9 Å². The molecule has 4 nitrogen and oxygen atoms in total. The fourth-order valence-electron chi connectivity index (χ4n) is 2.43. The lowest BCUT2D eigenvalue weighted by atomic mass is 9.79. The van der Waals surface area contributed by atoms with Gasteiger partial charge in [0, 0.05) is 20.0 Å². The van der Waals surface area contributed by atoms with Crippen LogP contribution in [0.5, 0.6) is 0 Å². The van der Waals surface area contributed by atoms with Gasteiger partial charge in [-0.3, -0.25) is 9.59 Å². The van der Waals surface area contributed by atoms with Crippen molar-refractivity contribution < 1.29 is 14.7 Å². The van der Waals surface area contributed by atoms with Crippen LogP contribution in [0.3, 0.4) is 0 Å². The average Bonchev–Trinajstić information content (AvgIpc) is 2.46. The number of hydrogen-bond acceptors (Lipinski definition) is 2. The molecule has 0 bridgehead atoms. The highest BCUT2D eigenvalue weighted by Crippen LogP contribution is 2.31. The molecule has 0 atom stereocenters. The Bertz CT molecular complexity index is 507. The van der Waals surface area contributed by atoms with Crippen molar-refractivity contribution in [2.45, 2.75) is 46.6 Å². The molecule has 1 aromatic rings. The Labute approximate surface area is 126 Å². The highest BCUT2D eigenvalue weighted by Gasteiger charge is 2.37. The average molecular weight is 291 g/mol. The smallest absolute Gasteiger partial charge is 0.310 e. The zero-order valence-corrected chi connectivity index (χ0v) is 13.3. The first-order valence-electron chi connectivity index (χ1n) is 7.38. The number of carbonyl (C=O) groups excluding carboxylic acids is 1. The maximum absolute atomic E-state index is 12.4. The number of hydrogen-bond donors (Lipinski definition) is 1. The summed E-state index contributed by atoms with van der Waals surface area (Å²) in [5.41, 5.74) is 1.27. The van der Waals surface area contributed by atoms with Crippen LogP contribution in [-0.2, 0) is 16.1 Å². The minimum atomic E-state index is -0.947. The summed E-state index contributed by atoms with van der Waals surface area (Å²) < 4.78 is 0. The zero-order valence-electron chi connectivity index (χ0n) is 13.3. The molecule has 4 heteroatoms. The number of amides is 1. The predicted octanol–water partition coefficient (Wildman–Crippen LogP) is 3.23. The Kier molecular flexibility index (Phi) is 5.94. The number of aliphatic carboxylic acids is 1. The van der Waals surface area contributed by atoms with E-state index in [1.807, 2.05) is 45.0 Å². The number of carboxylic acids is 1. The van der Waals surface area contributed by atoms with Crippen molar-refractivity contribution in [1.29, 1.82) is 0 Å². The molecule has 0 fully saturated rings. The largest absolute Gasteiger partial charge is 0.481 e. The first-order chi connectivity index (χ1) is 9.86. The van der Waals surface area contributed by atoms with E-state index in [4.69, 9.17) is 0 Å². The molecule has 0 saturated carbocycles. The van der Waals surface area contributed by atoms with Gasteiger partial charge in [-0.25, -0.2) is 0 Å². The van der Waals surface area contributed by atoms with Crippen molar-refractivity contribution in [1.82, 2.24) is 4.90 Å². The fourth-order valence-corrected chi connectivity index (χ4v) is 2.43. The SMILES string of the molecule is CCC(CC)(CC(=O)N(C)Cc1ccccc1C)C(=O)O. The van der Waals surface area contributed by atoms with Gasteiger partial charge in [-0.05, 0) is 30.9 Å². The van der Waals surface area contributed by atoms with Gasteiger partial charge in [0.2, 0.25) is 5.91 Å². The molecule has 21 heavy (non-hydrogen) atoms. The standard InChI is InChI=1S/C17H25NO3/c1-5-17(6-2,16(20)21)11-15(19)18(4)12-14-10-8-7-9-13(14)3/h7-10H,5-6,11-12H2,1-4H3,(H,20,21). The molecule has 1 aromatic carbocycles. The number of rotatable bonds is 7. The lowest BCUT2D eigenvalue weighted by Gasteiger charge is -2.28. The van der Waals surface area contributed by atoms with Gasteiger partial charge in [0.05, 0.1) is 5.41 Å². The van der Waals surface area contributed by atoms with E-state index in [0.29, 0.717) is 19.4 Å². The van der Waals surface area contributed by atoms with Gasteiger partial charge in [-0.2, -0.15) is 0 Å². The molecule has 0 aliphatic rings. The summed E-state index contributed by atoms with van der Waals surface area (Å²) in [5.74, 6) is -1.01. The molecule has 0 heterocycles.